The Labute approximate surface area is 136 Å². The molecule has 2 aromatic carbocycles. The second-order valence-electron chi connectivity index (χ2n) is 5.85. The molecule has 0 aliphatic carbocycles. The first-order valence-corrected chi connectivity index (χ1v) is 7.70. The van der Waals surface area contributed by atoms with Crippen molar-refractivity contribution in [3.8, 4) is 0 Å². The van der Waals surface area contributed by atoms with Gasteiger partial charge in [-0.25, -0.2) is 4.79 Å². The average molecular weight is 310 g/mol. The number of aliphatic hydroxyl groups is 1. The Morgan fingerprint density at radius 3 is 2.39 bits per heavy atom. The molecule has 2 N–H and O–H groups in total. The highest BCUT2D eigenvalue weighted by atomic mass is 16.4. The summed E-state index contributed by atoms with van der Waals surface area (Å²) in [6.45, 7) is 5.48. The van der Waals surface area contributed by atoms with Gasteiger partial charge in [-0.1, -0.05) is 54.6 Å². The number of benzene rings is 2. The highest BCUT2D eigenvalue weighted by Gasteiger charge is 2.13. The molecule has 1 atom stereocenters. The van der Waals surface area contributed by atoms with Crippen LogP contribution >= 0.6 is 0 Å². The number of rotatable bonds is 7. The minimum atomic E-state index is -0.931. The zero-order valence-electron chi connectivity index (χ0n) is 13.3. The topological polar surface area (TPSA) is 57.5 Å². The molecule has 0 saturated carbocycles. The van der Waals surface area contributed by atoms with E-state index in [0.29, 0.717) is 24.0 Å². The van der Waals surface area contributed by atoms with Gasteiger partial charge in [-0.05, 0) is 42.5 Å². The van der Waals surface area contributed by atoms with E-state index in [1.54, 1.807) is 13.0 Å². The third-order valence-corrected chi connectivity index (χ3v) is 3.93. The van der Waals surface area contributed by atoms with Crippen LogP contribution in [0.15, 0.2) is 60.7 Å². The third kappa shape index (κ3) is 4.80. The Morgan fingerprint density at radius 2 is 1.78 bits per heavy atom. The fraction of sp³-hybridized carbons (Fsp3) is 0.250. The van der Waals surface area contributed by atoms with Gasteiger partial charge >= 0.3 is 5.97 Å². The molecule has 0 aliphatic heterocycles. The van der Waals surface area contributed by atoms with E-state index in [2.05, 4.69) is 6.58 Å². The number of carboxylic acids is 1. The predicted octanol–water partition coefficient (Wildman–Crippen LogP) is 3.65. The standard InChI is InChI=1S/C20H22O3/c1-14(2)19(21)13-16-9-11-17(18(12-16)20(22)23)10-8-15-6-4-3-5-7-15/h3-7,9,11-12,19,21H,1,8,10,13H2,2H3,(H,22,23). The largest absolute Gasteiger partial charge is 0.478 e. The summed E-state index contributed by atoms with van der Waals surface area (Å²) in [5, 5.41) is 19.3. The van der Waals surface area contributed by atoms with E-state index in [1.165, 1.54) is 5.56 Å². The monoisotopic (exact) mass is 310 g/mol. The van der Waals surface area contributed by atoms with Gasteiger partial charge in [0.1, 0.15) is 0 Å². The van der Waals surface area contributed by atoms with Gasteiger partial charge in [-0.3, -0.25) is 0 Å². The van der Waals surface area contributed by atoms with E-state index in [4.69, 9.17) is 0 Å². The lowest BCUT2D eigenvalue weighted by molar-refractivity contribution is 0.0695. The first-order chi connectivity index (χ1) is 11.0. The summed E-state index contributed by atoms with van der Waals surface area (Å²) in [5.74, 6) is -0.931. The van der Waals surface area contributed by atoms with Crippen LogP contribution in [0.5, 0.6) is 0 Å². The number of aromatic carboxylic acids is 1. The molecule has 2 rings (SSSR count). The van der Waals surface area contributed by atoms with E-state index in [0.717, 1.165) is 17.5 Å². The maximum Gasteiger partial charge on any atom is 0.335 e. The van der Waals surface area contributed by atoms with Crippen molar-refractivity contribution in [3.63, 3.8) is 0 Å². The van der Waals surface area contributed by atoms with Crippen LogP contribution in [0.1, 0.15) is 34.0 Å². The Hall–Kier alpha value is -2.39. The summed E-state index contributed by atoms with van der Waals surface area (Å²) in [6, 6.07) is 15.4. The van der Waals surface area contributed by atoms with Gasteiger partial charge < -0.3 is 10.2 Å². The molecule has 3 heteroatoms. The molecule has 0 saturated heterocycles. The van der Waals surface area contributed by atoms with E-state index >= 15 is 0 Å². The molecule has 0 spiro atoms. The van der Waals surface area contributed by atoms with Crippen LogP contribution in [0.2, 0.25) is 0 Å². The number of carboxylic acid groups (broad SMARTS) is 1. The summed E-state index contributed by atoms with van der Waals surface area (Å²) < 4.78 is 0. The van der Waals surface area contributed by atoms with Crippen LogP contribution in [-0.4, -0.2) is 22.3 Å². The number of hydrogen-bond acceptors (Lipinski definition) is 2. The minimum absolute atomic E-state index is 0.312. The lowest BCUT2D eigenvalue weighted by atomic mass is 9.95. The van der Waals surface area contributed by atoms with Crippen molar-refractivity contribution in [3.05, 3.63) is 82.9 Å². The van der Waals surface area contributed by atoms with Crippen molar-refractivity contribution in [1.82, 2.24) is 0 Å². The van der Waals surface area contributed by atoms with Crippen molar-refractivity contribution in [2.24, 2.45) is 0 Å². The normalized spacial score (nSPS) is 11.9. The number of aryl methyl sites for hydroxylation is 2. The number of carbonyl (C=O) groups is 1. The first-order valence-electron chi connectivity index (χ1n) is 7.70. The fourth-order valence-corrected chi connectivity index (χ4v) is 2.49. The molecule has 0 fully saturated rings. The van der Waals surface area contributed by atoms with Crippen molar-refractivity contribution >= 4 is 5.97 Å². The SMILES string of the molecule is C=C(C)C(O)Cc1ccc(CCc2ccccc2)c(C(=O)O)c1. The Morgan fingerprint density at radius 1 is 1.09 bits per heavy atom. The van der Waals surface area contributed by atoms with Crippen molar-refractivity contribution < 1.29 is 15.0 Å². The number of hydrogen-bond donors (Lipinski definition) is 2. The molecule has 120 valence electrons. The predicted molar refractivity (Wildman–Crippen MR) is 91.8 cm³/mol. The van der Waals surface area contributed by atoms with E-state index in [9.17, 15) is 15.0 Å². The maximum absolute atomic E-state index is 11.5. The van der Waals surface area contributed by atoms with Crippen molar-refractivity contribution in [1.29, 1.82) is 0 Å². The molecule has 3 nitrogen and oxygen atoms in total. The van der Waals surface area contributed by atoms with Crippen LogP contribution in [-0.2, 0) is 19.3 Å². The zero-order valence-corrected chi connectivity index (χ0v) is 13.3. The smallest absolute Gasteiger partial charge is 0.335 e. The van der Waals surface area contributed by atoms with Gasteiger partial charge in [0.2, 0.25) is 0 Å². The quantitative estimate of drug-likeness (QED) is 0.768. The summed E-state index contributed by atoms with van der Waals surface area (Å²) in [4.78, 5) is 11.5. The van der Waals surface area contributed by atoms with E-state index in [1.807, 2.05) is 42.5 Å². The Balaban J connectivity index is 2.16. The van der Waals surface area contributed by atoms with E-state index in [-0.39, 0.29) is 0 Å². The first kappa shape index (κ1) is 17.0. The second kappa shape index (κ2) is 7.75. The minimum Gasteiger partial charge on any atom is -0.478 e. The van der Waals surface area contributed by atoms with Crippen LogP contribution in [0, 0.1) is 0 Å². The van der Waals surface area contributed by atoms with E-state index < -0.39 is 12.1 Å². The molecule has 0 aromatic heterocycles. The molecular weight excluding hydrogens is 288 g/mol. The van der Waals surface area contributed by atoms with Gasteiger partial charge in [0.05, 0.1) is 11.7 Å². The van der Waals surface area contributed by atoms with Gasteiger partial charge in [0, 0.05) is 6.42 Å². The van der Waals surface area contributed by atoms with Crippen LogP contribution in [0.25, 0.3) is 0 Å². The van der Waals surface area contributed by atoms with Crippen LogP contribution in [0.4, 0.5) is 0 Å². The molecule has 0 heterocycles. The third-order valence-electron chi connectivity index (χ3n) is 3.93. The van der Waals surface area contributed by atoms with Crippen molar-refractivity contribution in [2.45, 2.75) is 32.3 Å². The molecule has 0 bridgehead atoms. The molecule has 0 amide bonds. The van der Waals surface area contributed by atoms with Gasteiger partial charge in [0.25, 0.3) is 0 Å². The molecule has 0 aliphatic rings. The van der Waals surface area contributed by atoms with Crippen LogP contribution in [0.3, 0.4) is 0 Å². The lowest BCUT2D eigenvalue weighted by Gasteiger charge is -2.13. The summed E-state index contributed by atoms with van der Waals surface area (Å²) in [5.41, 5.74) is 3.80. The fourth-order valence-electron chi connectivity index (χ4n) is 2.49. The zero-order chi connectivity index (χ0) is 16.8. The van der Waals surface area contributed by atoms with Crippen LogP contribution < -0.4 is 0 Å². The molecular formula is C20H22O3. The summed E-state index contributed by atoms with van der Waals surface area (Å²) in [7, 11) is 0. The Bertz CT molecular complexity index is 689. The average Bonchev–Trinajstić information content (AvgIpc) is 2.54. The second-order valence-corrected chi connectivity index (χ2v) is 5.85. The highest BCUT2D eigenvalue weighted by Crippen LogP contribution is 2.18. The van der Waals surface area contributed by atoms with Gasteiger partial charge in [0.15, 0.2) is 0 Å². The van der Waals surface area contributed by atoms with Gasteiger partial charge in [-0.15, -0.1) is 0 Å². The molecule has 23 heavy (non-hydrogen) atoms. The lowest BCUT2D eigenvalue weighted by Crippen LogP contribution is -2.12. The summed E-state index contributed by atoms with van der Waals surface area (Å²) >= 11 is 0. The molecule has 0 radical (unpaired) electrons. The molecule has 2 aromatic rings. The highest BCUT2D eigenvalue weighted by molar-refractivity contribution is 5.89. The Kier molecular flexibility index (Phi) is 5.72. The van der Waals surface area contributed by atoms with Crippen molar-refractivity contribution in [2.75, 3.05) is 0 Å². The maximum atomic E-state index is 11.5. The number of aliphatic hydroxyl groups excluding tert-OH is 1. The molecule has 1 unspecified atom stereocenters. The van der Waals surface area contributed by atoms with Gasteiger partial charge in [-0.2, -0.15) is 0 Å². The summed E-state index contributed by atoms with van der Waals surface area (Å²) in [6.07, 6.45) is 1.21.